The van der Waals surface area contributed by atoms with Gasteiger partial charge in [0.05, 0.1) is 11.6 Å². The molecule has 0 bridgehead atoms. The summed E-state index contributed by atoms with van der Waals surface area (Å²) in [5, 5.41) is 12.1. The summed E-state index contributed by atoms with van der Waals surface area (Å²) in [4.78, 5) is 12.0. The van der Waals surface area contributed by atoms with Crippen LogP contribution in [0.5, 0.6) is 0 Å². The van der Waals surface area contributed by atoms with Crippen molar-refractivity contribution in [2.75, 3.05) is 0 Å². The van der Waals surface area contributed by atoms with E-state index < -0.39 is 11.6 Å². The number of nitrogens with two attached hydrogens (primary N) is 1. The summed E-state index contributed by atoms with van der Waals surface area (Å²) in [7, 11) is 0. The Morgan fingerprint density at radius 1 is 1.38 bits per heavy atom. The molecule has 0 radical (unpaired) electrons. The van der Waals surface area contributed by atoms with E-state index in [-0.39, 0.29) is 11.9 Å². The molecule has 4 nitrogen and oxygen atoms in total. The lowest BCUT2D eigenvalue weighted by molar-refractivity contribution is -0.128. The van der Waals surface area contributed by atoms with E-state index in [9.17, 15) is 9.90 Å². The lowest BCUT2D eigenvalue weighted by Crippen LogP contribution is -2.56. The predicted molar refractivity (Wildman–Crippen MR) is 63.9 cm³/mol. The number of hydrogen-bond donors (Lipinski definition) is 3. The van der Waals surface area contributed by atoms with E-state index in [1.807, 2.05) is 6.92 Å². The monoisotopic (exact) mass is 228 g/mol. The fourth-order valence-corrected chi connectivity index (χ4v) is 2.35. The van der Waals surface area contributed by atoms with Gasteiger partial charge in [-0.25, -0.2) is 0 Å². The maximum absolute atomic E-state index is 12.0. The summed E-state index contributed by atoms with van der Waals surface area (Å²) in [5.74, 6) is -0.0552. The molecule has 4 N–H and O–H groups in total. The summed E-state index contributed by atoms with van der Waals surface area (Å²) in [6, 6.07) is -0.0187. The van der Waals surface area contributed by atoms with Crippen molar-refractivity contribution in [1.29, 1.82) is 0 Å². The molecule has 4 heteroatoms. The lowest BCUT2D eigenvalue weighted by Gasteiger charge is -2.33. The Balaban J connectivity index is 2.44. The molecular formula is C12H24N2O2. The highest BCUT2D eigenvalue weighted by Crippen LogP contribution is 2.26. The Hall–Kier alpha value is -0.610. The zero-order valence-electron chi connectivity index (χ0n) is 10.3. The third kappa shape index (κ3) is 3.76. The van der Waals surface area contributed by atoms with Gasteiger partial charge in [-0.2, -0.15) is 0 Å². The first-order valence-electron chi connectivity index (χ1n) is 6.22. The Kier molecular flexibility index (Phi) is 4.74. The summed E-state index contributed by atoms with van der Waals surface area (Å²) in [6.07, 6.45) is 4.98. The van der Waals surface area contributed by atoms with Gasteiger partial charge in [-0.05, 0) is 33.1 Å². The summed E-state index contributed by atoms with van der Waals surface area (Å²) < 4.78 is 0. The SMILES string of the molecule is CC(O)CC(C)NC(=O)C1(N)CCCCC1. The number of rotatable bonds is 4. The van der Waals surface area contributed by atoms with Crippen LogP contribution >= 0.6 is 0 Å². The molecule has 0 aromatic carbocycles. The molecule has 0 spiro atoms. The number of amides is 1. The molecule has 94 valence electrons. The first-order chi connectivity index (χ1) is 7.44. The van der Waals surface area contributed by atoms with Crippen LogP contribution in [0.15, 0.2) is 0 Å². The van der Waals surface area contributed by atoms with Gasteiger partial charge in [-0.15, -0.1) is 0 Å². The first kappa shape index (κ1) is 13.5. The Bertz CT molecular complexity index is 235. The zero-order chi connectivity index (χ0) is 12.2. The van der Waals surface area contributed by atoms with Crippen molar-refractivity contribution in [3.63, 3.8) is 0 Å². The second-order valence-electron chi connectivity index (χ2n) is 5.18. The average Bonchev–Trinajstić information content (AvgIpc) is 2.17. The molecule has 1 amide bonds. The van der Waals surface area contributed by atoms with Crippen molar-refractivity contribution < 1.29 is 9.90 Å². The molecule has 1 aliphatic carbocycles. The fraction of sp³-hybridized carbons (Fsp3) is 0.917. The Morgan fingerprint density at radius 3 is 2.44 bits per heavy atom. The third-order valence-corrected chi connectivity index (χ3v) is 3.27. The largest absolute Gasteiger partial charge is 0.393 e. The van der Waals surface area contributed by atoms with Crippen molar-refractivity contribution in [1.82, 2.24) is 5.32 Å². The quantitative estimate of drug-likeness (QED) is 0.670. The normalized spacial score (nSPS) is 23.5. The molecule has 1 fully saturated rings. The van der Waals surface area contributed by atoms with E-state index in [4.69, 9.17) is 5.73 Å². The van der Waals surface area contributed by atoms with Gasteiger partial charge in [-0.3, -0.25) is 4.79 Å². The predicted octanol–water partition coefficient (Wildman–Crippen LogP) is 0.924. The second-order valence-corrected chi connectivity index (χ2v) is 5.18. The van der Waals surface area contributed by atoms with Gasteiger partial charge in [-0.1, -0.05) is 19.3 Å². The minimum atomic E-state index is -0.675. The maximum atomic E-state index is 12.0. The van der Waals surface area contributed by atoms with Crippen LogP contribution in [0.25, 0.3) is 0 Å². The molecule has 0 aliphatic heterocycles. The van der Waals surface area contributed by atoms with Gasteiger partial charge >= 0.3 is 0 Å². The van der Waals surface area contributed by atoms with Crippen molar-refractivity contribution in [3.05, 3.63) is 0 Å². The molecule has 1 aliphatic rings. The van der Waals surface area contributed by atoms with Crippen molar-refractivity contribution >= 4 is 5.91 Å². The summed E-state index contributed by atoms with van der Waals surface area (Å²) in [6.45, 7) is 3.62. The van der Waals surface area contributed by atoms with Crippen molar-refractivity contribution in [2.45, 2.75) is 70.1 Å². The second kappa shape index (κ2) is 5.64. The Labute approximate surface area is 97.6 Å². The van der Waals surface area contributed by atoms with E-state index >= 15 is 0 Å². The summed E-state index contributed by atoms with van der Waals surface area (Å²) >= 11 is 0. The van der Waals surface area contributed by atoms with E-state index in [0.29, 0.717) is 6.42 Å². The highest BCUT2D eigenvalue weighted by atomic mass is 16.3. The molecule has 1 rings (SSSR count). The Morgan fingerprint density at radius 2 is 1.94 bits per heavy atom. The smallest absolute Gasteiger partial charge is 0.240 e. The van der Waals surface area contributed by atoms with Crippen LogP contribution in [-0.4, -0.2) is 28.7 Å². The minimum Gasteiger partial charge on any atom is -0.393 e. The molecule has 0 aromatic heterocycles. The number of carbonyl (C=O) groups excluding carboxylic acids is 1. The average molecular weight is 228 g/mol. The van der Waals surface area contributed by atoms with Gasteiger partial charge in [0, 0.05) is 6.04 Å². The van der Waals surface area contributed by atoms with Gasteiger partial charge in [0.25, 0.3) is 0 Å². The number of nitrogens with one attached hydrogen (secondary N) is 1. The highest BCUT2D eigenvalue weighted by Gasteiger charge is 2.35. The van der Waals surface area contributed by atoms with E-state index in [0.717, 1.165) is 25.7 Å². The highest BCUT2D eigenvalue weighted by molar-refractivity contribution is 5.86. The number of aliphatic hydroxyl groups is 1. The van der Waals surface area contributed by atoms with Crippen LogP contribution in [0.3, 0.4) is 0 Å². The molecule has 2 atom stereocenters. The topological polar surface area (TPSA) is 75.3 Å². The van der Waals surface area contributed by atoms with Crippen molar-refractivity contribution in [3.8, 4) is 0 Å². The molecular weight excluding hydrogens is 204 g/mol. The van der Waals surface area contributed by atoms with E-state index in [2.05, 4.69) is 5.32 Å². The van der Waals surface area contributed by atoms with Crippen LogP contribution in [0.1, 0.15) is 52.4 Å². The molecule has 0 heterocycles. The molecule has 1 saturated carbocycles. The zero-order valence-corrected chi connectivity index (χ0v) is 10.3. The molecule has 0 aromatic rings. The van der Waals surface area contributed by atoms with E-state index in [1.54, 1.807) is 6.92 Å². The number of carbonyl (C=O) groups is 1. The van der Waals surface area contributed by atoms with Crippen LogP contribution < -0.4 is 11.1 Å². The van der Waals surface area contributed by atoms with Gasteiger partial charge in [0.1, 0.15) is 0 Å². The molecule has 16 heavy (non-hydrogen) atoms. The third-order valence-electron chi connectivity index (χ3n) is 3.27. The standard InChI is InChI=1S/C12H24N2O2/c1-9(8-10(2)15)14-11(16)12(13)6-4-3-5-7-12/h9-10,15H,3-8,13H2,1-2H3,(H,14,16). The lowest BCUT2D eigenvalue weighted by atomic mass is 9.81. The number of hydrogen-bond acceptors (Lipinski definition) is 3. The van der Waals surface area contributed by atoms with Crippen LogP contribution in [0.4, 0.5) is 0 Å². The minimum absolute atomic E-state index is 0.0187. The van der Waals surface area contributed by atoms with Gasteiger partial charge in [0.15, 0.2) is 0 Å². The fourth-order valence-electron chi connectivity index (χ4n) is 2.35. The van der Waals surface area contributed by atoms with Crippen LogP contribution in [-0.2, 0) is 4.79 Å². The first-order valence-corrected chi connectivity index (χ1v) is 6.22. The van der Waals surface area contributed by atoms with Crippen LogP contribution in [0.2, 0.25) is 0 Å². The van der Waals surface area contributed by atoms with Gasteiger partial charge in [0.2, 0.25) is 5.91 Å². The molecule has 2 unspecified atom stereocenters. The van der Waals surface area contributed by atoms with Gasteiger partial charge < -0.3 is 16.2 Å². The molecule has 0 saturated heterocycles. The van der Waals surface area contributed by atoms with Crippen LogP contribution in [0, 0.1) is 0 Å². The van der Waals surface area contributed by atoms with Crippen molar-refractivity contribution in [2.24, 2.45) is 5.73 Å². The van der Waals surface area contributed by atoms with E-state index in [1.165, 1.54) is 6.42 Å². The summed E-state index contributed by atoms with van der Waals surface area (Å²) in [5.41, 5.74) is 5.43. The maximum Gasteiger partial charge on any atom is 0.240 e. The number of aliphatic hydroxyl groups excluding tert-OH is 1.